The second-order valence-electron chi connectivity index (χ2n) is 6.35. The standard InChI is InChI=1S/C18H21N5O2/c24-18(7-6-16-4-3-9-25-16)21-14-10-19-23(12-14)13-15-11-22-8-2-1-5-17(22)20-15/h1-2,5,8,10-12,16H,3-4,6-7,9,13H2,(H,21,24). The number of hydrogen-bond donors (Lipinski definition) is 1. The van der Waals surface area contributed by atoms with Crippen LogP contribution in [0.4, 0.5) is 5.69 Å². The van der Waals surface area contributed by atoms with Crippen molar-refractivity contribution in [3.63, 3.8) is 0 Å². The average Bonchev–Trinajstić information content (AvgIpc) is 3.33. The van der Waals surface area contributed by atoms with Crippen LogP contribution in [-0.4, -0.2) is 37.8 Å². The summed E-state index contributed by atoms with van der Waals surface area (Å²) < 4.78 is 9.30. The second kappa shape index (κ2) is 7.06. The van der Waals surface area contributed by atoms with Crippen LogP contribution in [0, 0.1) is 0 Å². The quantitative estimate of drug-likeness (QED) is 0.749. The lowest BCUT2D eigenvalue weighted by atomic mass is 10.1. The molecule has 0 saturated carbocycles. The van der Waals surface area contributed by atoms with E-state index in [9.17, 15) is 4.79 Å². The van der Waals surface area contributed by atoms with Gasteiger partial charge in [0.05, 0.1) is 30.2 Å². The number of carbonyl (C=O) groups is 1. The van der Waals surface area contributed by atoms with Crippen LogP contribution in [0.5, 0.6) is 0 Å². The molecule has 1 unspecified atom stereocenters. The van der Waals surface area contributed by atoms with Crippen LogP contribution in [0.3, 0.4) is 0 Å². The van der Waals surface area contributed by atoms with E-state index in [1.54, 1.807) is 10.9 Å². The average molecular weight is 339 g/mol. The first kappa shape index (κ1) is 15.8. The molecule has 7 heteroatoms. The monoisotopic (exact) mass is 339 g/mol. The van der Waals surface area contributed by atoms with Gasteiger partial charge in [-0.2, -0.15) is 5.10 Å². The van der Waals surface area contributed by atoms with Gasteiger partial charge in [0.25, 0.3) is 0 Å². The van der Waals surface area contributed by atoms with E-state index in [0.29, 0.717) is 18.7 Å². The van der Waals surface area contributed by atoms with Gasteiger partial charge in [-0.1, -0.05) is 6.07 Å². The number of ether oxygens (including phenoxy) is 1. The second-order valence-corrected chi connectivity index (χ2v) is 6.35. The van der Waals surface area contributed by atoms with Gasteiger partial charge in [0.2, 0.25) is 5.91 Å². The van der Waals surface area contributed by atoms with Crippen molar-refractivity contribution in [3.05, 3.63) is 48.7 Å². The third-order valence-electron chi connectivity index (χ3n) is 4.37. The van der Waals surface area contributed by atoms with Gasteiger partial charge in [0.1, 0.15) is 5.65 Å². The molecule has 7 nitrogen and oxygen atoms in total. The highest BCUT2D eigenvalue weighted by Gasteiger charge is 2.17. The molecule has 25 heavy (non-hydrogen) atoms. The summed E-state index contributed by atoms with van der Waals surface area (Å²) in [6.45, 7) is 1.38. The Balaban J connectivity index is 1.32. The maximum atomic E-state index is 12.0. The van der Waals surface area contributed by atoms with Crippen molar-refractivity contribution < 1.29 is 9.53 Å². The predicted octanol–water partition coefficient (Wildman–Crippen LogP) is 2.48. The van der Waals surface area contributed by atoms with Crippen molar-refractivity contribution in [1.82, 2.24) is 19.2 Å². The van der Waals surface area contributed by atoms with Crippen molar-refractivity contribution in [2.24, 2.45) is 0 Å². The number of nitrogens with zero attached hydrogens (tertiary/aromatic N) is 4. The molecule has 0 bridgehead atoms. The summed E-state index contributed by atoms with van der Waals surface area (Å²) in [5.41, 5.74) is 2.54. The first-order valence-electron chi connectivity index (χ1n) is 8.63. The Kier molecular flexibility index (Phi) is 4.47. The number of anilines is 1. The fourth-order valence-electron chi connectivity index (χ4n) is 3.13. The van der Waals surface area contributed by atoms with E-state index in [2.05, 4.69) is 15.4 Å². The molecule has 1 fully saturated rings. The Labute approximate surface area is 145 Å². The maximum absolute atomic E-state index is 12.0. The van der Waals surface area contributed by atoms with Gasteiger partial charge in [-0.25, -0.2) is 4.98 Å². The van der Waals surface area contributed by atoms with Crippen LogP contribution < -0.4 is 5.32 Å². The van der Waals surface area contributed by atoms with Crippen LogP contribution >= 0.6 is 0 Å². The van der Waals surface area contributed by atoms with E-state index < -0.39 is 0 Å². The van der Waals surface area contributed by atoms with Gasteiger partial charge >= 0.3 is 0 Å². The van der Waals surface area contributed by atoms with Crippen LogP contribution in [-0.2, 0) is 16.1 Å². The first-order chi connectivity index (χ1) is 12.3. The first-order valence-corrected chi connectivity index (χ1v) is 8.63. The molecule has 1 aliphatic rings. The normalized spacial score (nSPS) is 17.2. The minimum atomic E-state index is 0.00257. The van der Waals surface area contributed by atoms with E-state index in [0.717, 1.165) is 37.2 Å². The zero-order valence-corrected chi connectivity index (χ0v) is 14.0. The molecule has 1 aliphatic heterocycles. The number of amides is 1. The van der Waals surface area contributed by atoms with Crippen molar-refractivity contribution >= 4 is 17.2 Å². The zero-order chi connectivity index (χ0) is 17.1. The zero-order valence-electron chi connectivity index (χ0n) is 14.0. The van der Waals surface area contributed by atoms with Crippen molar-refractivity contribution in [3.8, 4) is 0 Å². The molecule has 0 spiro atoms. The lowest BCUT2D eigenvalue weighted by molar-refractivity contribution is -0.116. The van der Waals surface area contributed by atoms with Crippen LogP contribution in [0.25, 0.3) is 5.65 Å². The Morgan fingerprint density at radius 2 is 2.32 bits per heavy atom. The van der Waals surface area contributed by atoms with E-state index in [1.165, 1.54) is 0 Å². The maximum Gasteiger partial charge on any atom is 0.224 e. The third-order valence-corrected chi connectivity index (χ3v) is 4.37. The third kappa shape index (κ3) is 3.88. The summed E-state index contributed by atoms with van der Waals surface area (Å²) in [7, 11) is 0. The van der Waals surface area contributed by atoms with Gasteiger partial charge < -0.3 is 14.5 Å². The Morgan fingerprint density at radius 3 is 3.16 bits per heavy atom. The molecule has 1 amide bonds. The largest absolute Gasteiger partial charge is 0.378 e. The number of rotatable bonds is 6. The van der Waals surface area contributed by atoms with E-state index in [4.69, 9.17) is 4.74 Å². The SMILES string of the molecule is O=C(CCC1CCCO1)Nc1cnn(Cc2cn3ccccc3n2)c1. The summed E-state index contributed by atoms with van der Waals surface area (Å²) in [6, 6.07) is 5.90. The van der Waals surface area contributed by atoms with Gasteiger partial charge in [0, 0.05) is 31.6 Å². The highest BCUT2D eigenvalue weighted by molar-refractivity contribution is 5.90. The lowest BCUT2D eigenvalue weighted by Crippen LogP contribution is -2.15. The fraction of sp³-hybridized carbons (Fsp3) is 0.389. The summed E-state index contributed by atoms with van der Waals surface area (Å²) in [4.78, 5) is 16.6. The molecular formula is C18H21N5O2. The topological polar surface area (TPSA) is 73.5 Å². The molecule has 0 radical (unpaired) electrons. The van der Waals surface area contributed by atoms with Gasteiger partial charge in [-0.05, 0) is 31.4 Å². The number of pyridine rings is 1. The van der Waals surface area contributed by atoms with Gasteiger partial charge in [0.15, 0.2) is 0 Å². The minimum Gasteiger partial charge on any atom is -0.378 e. The molecule has 4 heterocycles. The van der Waals surface area contributed by atoms with E-state index in [1.807, 2.05) is 41.2 Å². The molecular weight excluding hydrogens is 318 g/mol. The summed E-state index contributed by atoms with van der Waals surface area (Å²) in [5, 5.41) is 7.20. The number of imidazole rings is 1. The fourth-order valence-corrected chi connectivity index (χ4v) is 3.13. The highest BCUT2D eigenvalue weighted by atomic mass is 16.5. The number of nitrogens with one attached hydrogen (secondary N) is 1. The van der Waals surface area contributed by atoms with Crippen molar-refractivity contribution in [1.29, 1.82) is 0 Å². The van der Waals surface area contributed by atoms with E-state index in [-0.39, 0.29) is 12.0 Å². The Hall–Kier alpha value is -2.67. The van der Waals surface area contributed by atoms with Gasteiger partial charge in [-0.15, -0.1) is 0 Å². The van der Waals surface area contributed by atoms with E-state index >= 15 is 0 Å². The lowest BCUT2D eigenvalue weighted by Gasteiger charge is -2.08. The van der Waals surface area contributed by atoms with Crippen LogP contribution in [0.1, 0.15) is 31.4 Å². The van der Waals surface area contributed by atoms with Crippen LogP contribution in [0.2, 0.25) is 0 Å². The molecule has 3 aromatic heterocycles. The number of hydrogen-bond acceptors (Lipinski definition) is 4. The Morgan fingerprint density at radius 1 is 1.36 bits per heavy atom. The number of carbonyl (C=O) groups excluding carboxylic acids is 1. The molecule has 1 N–H and O–H groups in total. The minimum absolute atomic E-state index is 0.00257. The van der Waals surface area contributed by atoms with Crippen LogP contribution in [0.15, 0.2) is 43.0 Å². The summed E-state index contributed by atoms with van der Waals surface area (Å²) in [6.07, 6.45) is 11.1. The molecule has 130 valence electrons. The van der Waals surface area contributed by atoms with Gasteiger partial charge in [-0.3, -0.25) is 9.48 Å². The van der Waals surface area contributed by atoms with Crippen molar-refractivity contribution in [2.75, 3.05) is 11.9 Å². The number of aromatic nitrogens is 4. The van der Waals surface area contributed by atoms with Crippen molar-refractivity contribution in [2.45, 2.75) is 38.3 Å². The molecule has 4 rings (SSSR count). The molecule has 3 aromatic rings. The smallest absolute Gasteiger partial charge is 0.224 e. The summed E-state index contributed by atoms with van der Waals surface area (Å²) >= 11 is 0. The highest BCUT2D eigenvalue weighted by Crippen LogP contribution is 2.17. The molecule has 0 aromatic carbocycles. The Bertz CT molecular complexity index is 830. The predicted molar refractivity (Wildman–Crippen MR) is 93.4 cm³/mol. The molecule has 0 aliphatic carbocycles. The summed E-state index contributed by atoms with van der Waals surface area (Å²) in [5.74, 6) is 0.00257. The molecule has 1 saturated heterocycles. The number of fused-ring (bicyclic) bond motifs is 1. The molecule has 1 atom stereocenters.